The number of hydrogen-bond acceptors (Lipinski definition) is 4. The molecule has 1 aromatic heterocycles. The fourth-order valence-electron chi connectivity index (χ4n) is 4.40. The number of morpholine rings is 1. The summed E-state index contributed by atoms with van der Waals surface area (Å²) in [4.78, 5) is 4.53. The highest BCUT2D eigenvalue weighted by Crippen LogP contribution is 2.38. The van der Waals surface area contributed by atoms with Gasteiger partial charge in [-0.1, -0.05) is 12.1 Å². The molecular formula is C22H23FN2OS. The van der Waals surface area contributed by atoms with Crippen LogP contribution in [0.1, 0.15) is 22.6 Å². The second-order valence-corrected chi connectivity index (χ2v) is 8.51. The molecule has 5 rings (SSSR count). The molecule has 0 amide bonds. The zero-order chi connectivity index (χ0) is 18.4. The van der Waals surface area contributed by atoms with Crippen molar-refractivity contribution < 1.29 is 9.13 Å². The largest absolute Gasteiger partial charge is 0.378 e. The predicted molar refractivity (Wildman–Crippen MR) is 109 cm³/mol. The monoisotopic (exact) mass is 382 g/mol. The van der Waals surface area contributed by atoms with Gasteiger partial charge in [-0.05, 0) is 53.2 Å². The van der Waals surface area contributed by atoms with E-state index in [1.54, 1.807) is 17.4 Å². The molecule has 3 heterocycles. The number of thiophene rings is 1. The first kappa shape index (κ1) is 17.2. The molecule has 1 atom stereocenters. The zero-order valence-electron chi connectivity index (χ0n) is 15.5. The summed E-state index contributed by atoms with van der Waals surface area (Å²) in [5, 5.41) is 3.38. The van der Waals surface area contributed by atoms with Crippen molar-refractivity contribution in [3.05, 3.63) is 64.3 Å². The number of anilines is 1. The van der Waals surface area contributed by atoms with E-state index < -0.39 is 0 Å². The lowest BCUT2D eigenvalue weighted by Gasteiger charge is -2.35. The molecule has 5 heteroatoms. The maximum Gasteiger partial charge on any atom is 0.129 e. The van der Waals surface area contributed by atoms with Gasteiger partial charge in [0.2, 0.25) is 0 Å². The quantitative estimate of drug-likeness (QED) is 0.651. The van der Waals surface area contributed by atoms with E-state index in [0.717, 1.165) is 43.0 Å². The molecule has 2 aliphatic heterocycles. The van der Waals surface area contributed by atoms with Gasteiger partial charge in [0.15, 0.2) is 0 Å². The molecule has 3 aromatic rings. The zero-order valence-corrected chi connectivity index (χ0v) is 16.3. The minimum Gasteiger partial charge on any atom is -0.378 e. The highest BCUT2D eigenvalue weighted by atomic mass is 32.1. The smallest absolute Gasteiger partial charge is 0.129 e. The van der Waals surface area contributed by atoms with E-state index in [4.69, 9.17) is 4.74 Å². The second-order valence-electron chi connectivity index (χ2n) is 7.57. The predicted octanol–water partition coefficient (Wildman–Crippen LogP) is 4.45. The van der Waals surface area contributed by atoms with Crippen molar-refractivity contribution in [1.82, 2.24) is 4.90 Å². The van der Waals surface area contributed by atoms with Crippen LogP contribution in [0.2, 0.25) is 0 Å². The average Bonchev–Trinajstić information content (AvgIpc) is 3.15. The molecule has 1 saturated heterocycles. The van der Waals surface area contributed by atoms with Crippen LogP contribution in [-0.4, -0.2) is 44.8 Å². The van der Waals surface area contributed by atoms with Gasteiger partial charge in [-0.2, -0.15) is 0 Å². The Balaban J connectivity index is 1.57. The van der Waals surface area contributed by atoms with Crippen LogP contribution in [0.3, 0.4) is 0 Å². The third-order valence-corrected chi connectivity index (χ3v) is 6.62. The Kier molecular flexibility index (Phi) is 4.38. The molecule has 0 radical (unpaired) electrons. The number of nitrogens with zero attached hydrogens (tertiary/aromatic N) is 2. The minimum absolute atomic E-state index is 0.0710. The summed E-state index contributed by atoms with van der Waals surface area (Å²) in [6.07, 6.45) is 0. The minimum atomic E-state index is -0.0710. The highest BCUT2D eigenvalue weighted by Gasteiger charge is 2.29. The van der Waals surface area contributed by atoms with Crippen molar-refractivity contribution in [3.8, 4) is 0 Å². The molecule has 1 fully saturated rings. The molecule has 0 bridgehead atoms. The van der Waals surface area contributed by atoms with Gasteiger partial charge in [0.05, 0.1) is 13.2 Å². The van der Waals surface area contributed by atoms with Crippen LogP contribution < -0.4 is 4.90 Å². The highest BCUT2D eigenvalue weighted by molar-refractivity contribution is 7.17. The Labute approximate surface area is 163 Å². The van der Waals surface area contributed by atoms with Crippen molar-refractivity contribution in [3.63, 3.8) is 0 Å². The molecule has 1 unspecified atom stereocenters. The van der Waals surface area contributed by atoms with Gasteiger partial charge in [0, 0.05) is 48.0 Å². The lowest BCUT2D eigenvalue weighted by molar-refractivity contribution is 0.122. The second kappa shape index (κ2) is 6.89. The van der Waals surface area contributed by atoms with Crippen molar-refractivity contribution in [1.29, 1.82) is 0 Å². The topological polar surface area (TPSA) is 15.7 Å². The standard InChI is InChI=1S/C22H23FN2OS/c1-24-13-17-10-18(25-5-7-26-8-6-25)12-20(23)22(17)19(14-24)16-3-2-15-4-9-27-21(15)11-16/h2-4,9-12,19H,5-8,13-14H2,1H3. The average molecular weight is 383 g/mol. The van der Waals surface area contributed by atoms with E-state index in [-0.39, 0.29) is 11.7 Å². The van der Waals surface area contributed by atoms with Crippen molar-refractivity contribution in [2.45, 2.75) is 12.5 Å². The lowest BCUT2D eigenvalue weighted by atomic mass is 9.84. The first-order valence-corrected chi connectivity index (χ1v) is 10.4. The normalized spacial score (nSPS) is 20.8. The van der Waals surface area contributed by atoms with E-state index in [2.05, 4.69) is 52.6 Å². The summed E-state index contributed by atoms with van der Waals surface area (Å²) in [5.74, 6) is 0.00218. The Morgan fingerprint density at radius 2 is 1.96 bits per heavy atom. The van der Waals surface area contributed by atoms with Gasteiger partial charge in [0.25, 0.3) is 0 Å². The fraction of sp³-hybridized carbons (Fsp3) is 0.364. The van der Waals surface area contributed by atoms with Crippen LogP contribution in [0, 0.1) is 5.82 Å². The van der Waals surface area contributed by atoms with E-state index in [1.165, 1.54) is 15.6 Å². The van der Waals surface area contributed by atoms with Gasteiger partial charge in [-0.15, -0.1) is 11.3 Å². The number of hydrogen-bond donors (Lipinski definition) is 0. The summed E-state index contributed by atoms with van der Waals surface area (Å²) in [5.41, 5.74) is 4.18. The maximum atomic E-state index is 15.3. The summed E-state index contributed by atoms with van der Waals surface area (Å²) in [6.45, 7) is 4.71. The van der Waals surface area contributed by atoms with E-state index >= 15 is 4.39 Å². The van der Waals surface area contributed by atoms with Crippen LogP contribution >= 0.6 is 11.3 Å². The van der Waals surface area contributed by atoms with E-state index in [0.29, 0.717) is 13.2 Å². The third kappa shape index (κ3) is 3.14. The van der Waals surface area contributed by atoms with Crippen molar-refractivity contribution in [2.75, 3.05) is 44.8 Å². The number of rotatable bonds is 2. The number of likely N-dealkylation sites (N-methyl/N-ethyl adjacent to an activating group) is 1. The maximum absolute atomic E-state index is 15.3. The number of benzene rings is 2. The lowest BCUT2D eigenvalue weighted by Crippen LogP contribution is -2.37. The number of fused-ring (bicyclic) bond motifs is 2. The van der Waals surface area contributed by atoms with Crippen LogP contribution in [0.5, 0.6) is 0 Å². The number of halogens is 1. The van der Waals surface area contributed by atoms with E-state index in [1.807, 2.05) is 0 Å². The molecule has 0 aliphatic carbocycles. The first-order chi connectivity index (χ1) is 13.2. The Hall–Kier alpha value is -1.95. The first-order valence-electron chi connectivity index (χ1n) is 9.50. The molecule has 0 spiro atoms. The van der Waals surface area contributed by atoms with Crippen molar-refractivity contribution >= 4 is 27.1 Å². The summed E-state index contributed by atoms with van der Waals surface area (Å²) in [6, 6.07) is 12.6. The molecule has 2 aliphatic rings. The summed E-state index contributed by atoms with van der Waals surface area (Å²) >= 11 is 1.75. The molecule has 27 heavy (non-hydrogen) atoms. The molecule has 0 saturated carbocycles. The molecule has 140 valence electrons. The van der Waals surface area contributed by atoms with E-state index in [9.17, 15) is 0 Å². The summed E-state index contributed by atoms with van der Waals surface area (Å²) in [7, 11) is 2.12. The van der Waals surface area contributed by atoms with Crippen LogP contribution in [-0.2, 0) is 11.3 Å². The fourth-order valence-corrected chi connectivity index (χ4v) is 5.24. The van der Waals surface area contributed by atoms with Crippen LogP contribution in [0.4, 0.5) is 10.1 Å². The summed E-state index contributed by atoms with van der Waals surface area (Å²) < 4.78 is 22.0. The molecular weight excluding hydrogens is 359 g/mol. The Morgan fingerprint density at radius 3 is 2.81 bits per heavy atom. The van der Waals surface area contributed by atoms with Crippen molar-refractivity contribution in [2.24, 2.45) is 0 Å². The van der Waals surface area contributed by atoms with Gasteiger partial charge in [0.1, 0.15) is 5.82 Å². The third-order valence-electron chi connectivity index (χ3n) is 5.74. The number of ether oxygens (including phenoxy) is 1. The van der Waals surface area contributed by atoms with Gasteiger partial charge in [-0.3, -0.25) is 0 Å². The molecule has 3 nitrogen and oxygen atoms in total. The van der Waals surface area contributed by atoms with Gasteiger partial charge >= 0.3 is 0 Å². The van der Waals surface area contributed by atoms with Crippen LogP contribution in [0.25, 0.3) is 10.1 Å². The van der Waals surface area contributed by atoms with Gasteiger partial charge in [-0.25, -0.2) is 4.39 Å². The molecule has 2 aromatic carbocycles. The van der Waals surface area contributed by atoms with Crippen LogP contribution in [0.15, 0.2) is 41.8 Å². The Morgan fingerprint density at radius 1 is 1.11 bits per heavy atom. The van der Waals surface area contributed by atoms with Gasteiger partial charge < -0.3 is 14.5 Å². The Bertz CT molecular complexity index is 980. The SMILES string of the molecule is CN1Cc2cc(N3CCOCC3)cc(F)c2C(c2ccc3ccsc3c2)C1. The molecule has 0 N–H and O–H groups in total.